The molecule has 0 radical (unpaired) electrons. The fraction of sp³-hybridized carbons (Fsp3) is 0.500. The Hall–Kier alpha value is -1.88. The molecule has 3 rings (SSSR count). The number of carbonyl (C=O) groups excluding carboxylic acids is 1. The predicted molar refractivity (Wildman–Crippen MR) is 75.6 cm³/mol. The largest absolute Gasteiger partial charge is 0.480 e. The fourth-order valence-corrected chi connectivity index (χ4v) is 3.15. The van der Waals surface area contributed by atoms with Gasteiger partial charge in [0.2, 0.25) is 0 Å². The van der Waals surface area contributed by atoms with Crippen LogP contribution in [0.3, 0.4) is 0 Å². The van der Waals surface area contributed by atoms with E-state index in [2.05, 4.69) is 0 Å². The summed E-state index contributed by atoms with van der Waals surface area (Å²) in [7, 11) is 0. The molecular weight excluding hydrogens is 270 g/mol. The molecule has 112 valence electrons. The number of amides is 1. The van der Waals surface area contributed by atoms with Crippen LogP contribution in [0, 0.1) is 5.92 Å². The normalized spacial score (nSPS) is 28.2. The maximum atomic E-state index is 12.7. The number of fused-ring (bicyclic) bond motifs is 1. The van der Waals surface area contributed by atoms with Crippen molar-refractivity contribution in [1.29, 1.82) is 0 Å². The summed E-state index contributed by atoms with van der Waals surface area (Å²) < 4.78 is 5.51. The summed E-state index contributed by atoms with van der Waals surface area (Å²) in [6, 6.07) is 6.90. The van der Waals surface area contributed by atoms with Crippen molar-refractivity contribution in [2.75, 3.05) is 6.61 Å². The molecule has 0 spiro atoms. The van der Waals surface area contributed by atoms with Gasteiger partial charge in [-0.25, -0.2) is 4.79 Å². The lowest BCUT2D eigenvalue weighted by atomic mass is 9.92. The van der Waals surface area contributed by atoms with Crippen LogP contribution >= 0.6 is 0 Å². The van der Waals surface area contributed by atoms with Crippen molar-refractivity contribution in [1.82, 2.24) is 4.90 Å². The van der Waals surface area contributed by atoms with Crippen LogP contribution < -0.4 is 0 Å². The molecule has 2 heterocycles. The first-order chi connectivity index (χ1) is 10.1. The van der Waals surface area contributed by atoms with E-state index in [4.69, 9.17) is 4.74 Å². The number of carboxylic acid groups (broad SMARTS) is 1. The average molecular weight is 289 g/mol. The lowest BCUT2D eigenvalue weighted by Gasteiger charge is -2.36. The Labute approximate surface area is 123 Å². The van der Waals surface area contributed by atoms with E-state index in [1.165, 1.54) is 4.90 Å². The van der Waals surface area contributed by atoms with E-state index < -0.39 is 18.1 Å². The van der Waals surface area contributed by atoms with Gasteiger partial charge in [-0.05, 0) is 23.5 Å². The zero-order valence-electron chi connectivity index (χ0n) is 12.0. The summed E-state index contributed by atoms with van der Waals surface area (Å²) in [5.74, 6) is -1.01. The van der Waals surface area contributed by atoms with Gasteiger partial charge in [-0.1, -0.05) is 31.2 Å². The van der Waals surface area contributed by atoms with Crippen LogP contribution in [0.15, 0.2) is 24.3 Å². The van der Waals surface area contributed by atoms with Gasteiger partial charge in [0.05, 0.1) is 0 Å². The zero-order valence-corrected chi connectivity index (χ0v) is 12.0. The van der Waals surface area contributed by atoms with Crippen LogP contribution in [0.2, 0.25) is 0 Å². The van der Waals surface area contributed by atoms with Crippen LogP contribution in [0.25, 0.3) is 0 Å². The third kappa shape index (κ3) is 2.53. The van der Waals surface area contributed by atoms with Crippen LogP contribution in [0.4, 0.5) is 0 Å². The number of ether oxygens (including phenoxy) is 1. The molecule has 1 aromatic rings. The highest BCUT2D eigenvalue weighted by Crippen LogP contribution is 2.28. The molecule has 2 aliphatic heterocycles. The number of carbonyl (C=O) groups is 2. The number of hydrogen-bond donors (Lipinski definition) is 1. The van der Waals surface area contributed by atoms with E-state index in [-0.39, 0.29) is 11.8 Å². The molecule has 0 bridgehead atoms. The number of rotatable bonds is 2. The van der Waals surface area contributed by atoms with E-state index in [0.29, 0.717) is 19.6 Å². The van der Waals surface area contributed by atoms with Gasteiger partial charge in [-0.2, -0.15) is 0 Å². The Balaban J connectivity index is 1.89. The molecule has 5 heteroatoms. The molecule has 1 N–H and O–H groups in total. The summed E-state index contributed by atoms with van der Waals surface area (Å²) in [6.45, 7) is 2.89. The van der Waals surface area contributed by atoms with Gasteiger partial charge in [-0.3, -0.25) is 4.79 Å². The minimum atomic E-state index is -0.955. The second kappa shape index (κ2) is 5.48. The van der Waals surface area contributed by atoms with Crippen LogP contribution in [0.1, 0.15) is 24.5 Å². The van der Waals surface area contributed by atoms with E-state index in [9.17, 15) is 14.7 Å². The van der Waals surface area contributed by atoms with Crippen molar-refractivity contribution in [3.63, 3.8) is 0 Å². The molecule has 1 amide bonds. The van der Waals surface area contributed by atoms with Crippen molar-refractivity contribution < 1.29 is 19.4 Å². The van der Waals surface area contributed by atoms with Crippen LogP contribution in [0.5, 0.6) is 0 Å². The molecule has 1 aromatic carbocycles. The maximum Gasteiger partial charge on any atom is 0.326 e. The Morgan fingerprint density at radius 2 is 2.00 bits per heavy atom. The summed E-state index contributed by atoms with van der Waals surface area (Å²) in [4.78, 5) is 25.7. The summed E-state index contributed by atoms with van der Waals surface area (Å²) in [5, 5.41) is 9.46. The van der Waals surface area contributed by atoms with Gasteiger partial charge in [0.15, 0.2) is 0 Å². The second-order valence-electron chi connectivity index (χ2n) is 5.85. The van der Waals surface area contributed by atoms with Crippen molar-refractivity contribution in [3.8, 4) is 0 Å². The minimum Gasteiger partial charge on any atom is -0.480 e. The number of nitrogens with zero attached hydrogens (tertiary/aromatic N) is 1. The van der Waals surface area contributed by atoms with E-state index in [0.717, 1.165) is 17.5 Å². The van der Waals surface area contributed by atoms with E-state index >= 15 is 0 Å². The molecule has 3 atom stereocenters. The molecule has 0 aliphatic carbocycles. The van der Waals surface area contributed by atoms with Crippen LogP contribution in [-0.4, -0.2) is 40.6 Å². The predicted octanol–water partition coefficient (Wildman–Crippen LogP) is 1.45. The Morgan fingerprint density at radius 1 is 1.29 bits per heavy atom. The molecular formula is C16H19NO4. The molecule has 1 saturated heterocycles. The SMILES string of the molecule is CC1CCOC1C(=O)N1Cc2ccccc2C[C@@H]1C(=O)O. The standard InChI is InChI=1S/C16H19NO4/c1-10-6-7-21-14(10)15(18)17-9-12-5-3-2-4-11(12)8-13(17)16(19)20/h2-5,10,13-14H,6-9H2,1H3,(H,19,20)/t10?,13-,14?/m1/s1. The average Bonchev–Trinajstić information content (AvgIpc) is 2.91. The highest BCUT2D eigenvalue weighted by Gasteiger charge is 2.40. The molecule has 0 aromatic heterocycles. The number of aliphatic carboxylic acids is 1. The van der Waals surface area contributed by atoms with Crippen molar-refractivity contribution in [2.45, 2.75) is 38.5 Å². The van der Waals surface area contributed by atoms with Gasteiger partial charge < -0.3 is 14.7 Å². The summed E-state index contributed by atoms with van der Waals surface area (Å²) >= 11 is 0. The highest BCUT2D eigenvalue weighted by atomic mass is 16.5. The number of hydrogen-bond acceptors (Lipinski definition) is 3. The quantitative estimate of drug-likeness (QED) is 0.895. The Bertz CT molecular complexity index is 571. The second-order valence-corrected chi connectivity index (χ2v) is 5.85. The van der Waals surface area contributed by atoms with Gasteiger partial charge in [0, 0.05) is 19.6 Å². The van der Waals surface area contributed by atoms with Gasteiger partial charge in [0.25, 0.3) is 5.91 Å². The third-order valence-electron chi connectivity index (χ3n) is 4.45. The Kier molecular flexibility index (Phi) is 3.68. The summed E-state index contributed by atoms with van der Waals surface area (Å²) in [6.07, 6.45) is 0.703. The first-order valence-corrected chi connectivity index (χ1v) is 7.29. The minimum absolute atomic E-state index is 0.143. The lowest BCUT2D eigenvalue weighted by molar-refractivity contribution is -0.156. The third-order valence-corrected chi connectivity index (χ3v) is 4.45. The van der Waals surface area contributed by atoms with E-state index in [1.807, 2.05) is 31.2 Å². The molecule has 2 aliphatic rings. The molecule has 21 heavy (non-hydrogen) atoms. The molecule has 2 unspecified atom stereocenters. The van der Waals surface area contributed by atoms with Crippen molar-refractivity contribution in [3.05, 3.63) is 35.4 Å². The van der Waals surface area contributed by atoms with Crippen molar-refractivity contribution >= 4 is 11.9 Å². The summed E-state index contributed by atoms with van der Waals surface area (Å²) in [5.41, 5.74) is 2.03. The van der Waals surface area contributed by atoms with Gasteiger partial charge >= 0.3 is 5.97 Å². The maximum absolute atomic E-state index is 12.7. The molecule has 1 fully saturated rings. The Morgan fingerprint density at radius 3 is 2.62 bits per heavy atom. The topological polar surface area (TPSA) is 66.8 Å². The lowest BCUT2D eigenvalue weighted by Crippen LogP contribution is -2.52. The van der Waals surface area contributed by atoms with Crippen LogP contribution in [-0.2, 0) is 27.3 Å². The monoisotopic (exact) mass is 289 g/mol. The highest BCUT2D eigenvalue weighted by molar-refractivity contribution is 5.87. The van der Waals surface area contributed by atoms with E-state index in [1.54, 1.807) is 0 Å². The molecule has 5 nitrogen and oxygen atoms in total. The first-order valence-electron chi connectivity index (χ1n) is 7.29. The molecule has 0 saturated carbocycles. The smallest absolute Gasteiger partial charge is 0.326 e. The fourth-order valence-electron chi connectivity index (χ4n) is 3.15. The zero-order chi connectivity index (χ0) is 15.0. The van der Waals surface area contributed by atoms with Gasteiger partial charge in [-0.15, -0.1) is 0 Å². The first kappa shape index (κ1) is 14.1. The van der Waals surface area contributed by atoms with Crippen molar-refractivity contribution in [2.24, 2.45) is 5.92 Å². The van der Waals surface area contributed by atoms with Gasteiger partial charge in [0.1, 0.15) is 12.1 Å². The number of benzene rings is 1. The number of carboxylic acids is 1.